The standard InChI is InChI=1S/C12H16N2O4.ClH/c1-3-7(2)12(13)8-4-10-11(18-6-17-10)5-9(8)14(15)16;/h4-5,7,12H,3,6,13H2,1-2H3;1H/t7?,12-;/m1./s1. The van der Waals surface area contributed by atoms with E-state index in [9.17, 15) is 10.1 Å². The lowest BCUT2D eigenvalue weighted by molar-refractivity contribution is -0.385. The van der Waals surface area contributed by atoms with Crippen LogP contribution >= 0.6 is 12.4 Å². The van der Waals surface area contributed by atoms with Gasteiger partial charge in [-0.3, -0.25) is 10.1 Å². The second-order valence-corrected chi connectivity index (χ2v) is 4.43. The number of benzene rings is 1. The van der Waals surface area contributed by atoms with Gasteiger partial charge in [0.25, 0.3) is 5.69 Å². The molecule has 1 heterocycles. The molecule has 2 N–H and O–H groups in total. The molecule has 2 rings (SSSR count). The quantitative estimate of drug-likeness (QED) is 0.680. The van der Waals surface area contributed by atoms with E-state index in [1.165, 1.54) is 6.07 Å². The molecule has 7 heteroatoms. The number of rotatable bonds is 4. The first-order valence-corrected chi connectivity index (χ1v) is 5.88. The van der Waals surface area contributed by atoms with Crippen LogP contribution in [0.3, 0.4) is 0 Å². The van der Waals surface area contributed by atoms with E-state index in [2.05, 4.69) is 0 Å². The molecule has 2 atom stereocenters. The molecule has 6 nitrogen and oxygen atoms in total. The van der Waals surface area contributed by atoms with Crippen molar-refractivity contribution in [3.63, 3.8) is 0 Å². The van der Waals surface area contributed by atoms with Crippen LogP contribution < -0.4 is 15.2 Å². The van der Waals surface area contributed by atoms with Crippen LogP contribution in [0.4, 0.5) is 5.69 Å². The van der Waals surface area contributed by atoms with Gasteiger partial charge in [0.05, 0.1) is 16.6 Å². The molecule has 19 heavy (non-hydrogen) atoms. The van der Waals surface area contributed by atoms with E-state index in [4.69, 9.17) is 15.2 Å². The first-order chi connectivity index (χ1) is 8.54. The normalized spacial score (nSPS) is 15.5. The van der Waals surface area contributed by atoms with Crippen molar-refractivity contribution in [1.29, 1.82) is 0 Å². The minimum absolute atomic E-state index is 0. The number of nitro groups is 1. The Balaban J connectivity index is 0.00000180. The molecule has 0 aromatic heterocycles. The molecule has 1 aliphatic heterocycles. The van der Waals surface area contributed by atoms with Crippen molar-refractivity contribution in [2.24, 2.45) is 11.7 Å². The van der Waals surface area contributed by atoms with Crippen molar-refractivity contribution in [3.05, 3.63) is 27.8 Å². The van der Waals surface area contributed by atoms with Gasteiger partial charge >= 0.3 is 0 Å². The largest absolute Gasteiger partial charge is 0.454 e. The van der Waals surface area contributed by atoms with Gasteiger partial charge in [0.15, 0.2) is 11.5 Å². The summed E-state index contributed by atoms with van der Waals surface area (Å²) < 4.78 is 10.4. The summed E-state index contributed by atoms with van der Waals surface area (Å²) >= 11 is 0. The van der Waals surface area contributed by atoms with Crippen molar-refractivity contribution in [2.45, 2.75) is 26.3 Å². The zero-order valence-electron chi connectivity index (χ0n) is 10.8. The van der Waals surface area contributed by atoms with E-state index in [0.717, 1.165) is 6.42 Å². The smallest absolute Gasteiger partial charge is 0.278 e. The van der Waals surface area contributed by atoms with Gasteiger partial charge in [-0.05, 0) is 12.0 Å². The number of nitro benzene ring substituents is 1. The topological polar surface area (TPSA) is 87.6 Å². The van der Waals surface area contributed by atoms with Gasteiger partial charge in [0, 0.05) is 6.04 Å². The van der Waals surface area contributed by atoms with Crippen molar-refractivity contribution in [1.82, 2.24) is 0 Å². The van der Waals surface area contributed by atoms with Crippen molar-refractivity contribution in [2.75, 3.05) is 6.79 Å². The summed E-state index contributed by atoms with van der Waals surface area (Å²) in [5, 5.41) is 11.1. The molecular weight excluding hydrogens is 272 g/mol. The van der Waals surface area contributed by atoms with Crippen LogP contribution in [-0.2, 0) is 0 Å². The third-order valence-electron chi connectivity index (χ3n) is 3.33. The fourth-order valence-corrected chi connectivity index (χ4v) is 1.93. The lowest BCUT2D eigenvalue weighted by atomic mass is 9.92. The predicted molar refractivity (Wildman–Crippen MR) is 72.9 cm³/mol. The van der Waals surface area contributed by atoms with E-state index < -0.39 is 4.92 Å². The second kappa shape index (κ2) is 6.08. The number of halogens is 1. The maximum absolute atomic E-state index is 11.1. The zero-order valence-corrected chi connectivity index (χ0v) is 11.6. The Morgan fingerprint density at radius 2 is 2.00 bits per heavy atom. The van der Waals surface area contributed by atoms with E-state index in [1.807, 2.05) is 13.8 Å². The highest BCUT2D eigenvalue weighted by atomic mass is 35.5. The van der Waals surface area contributed by atoms with E-state index >= 15 is 0 Å². The number of fused-ring (bicyclic) bond motifs is 1. The molecule has 1 aromatic rings. The molecule has 0 bridgehead atoms. The highest BCUT2D eigenvalue weighted by molar-refractivity contribution is 5.85. The summed E-state index contributed by atoms with van der Waals surface area (Å²) in [4.78, 5) is 10.7. The third-order valence-corrected chi connectivity index (χ3v) is 3.33. The summed E-state index contributed by atoms with van der Waals surface area (Å²) in [6.07, 6.45) is 0.854. The van der Waals surface area contributed by atoms with Gasteiger partial charge in [-0.2, -0.15) is 0 Å². The summed E-state index contributed by atoms with van der Waals surface area (Å²) in [7, 11) is 0. The van der Waals surface area contributed by atoms with Gasteiger partial charge < -0.3 is 15.2 Å². The minimum Gasteiger partial charge on any atom is -0.454 e. The number of nitrogens with two attached hydrogens (primary N) is 1. The van der Waals surface area contributed by atoms with Crippen molar-refractivity contribution in [3.8, 4) is 11.5 Å². The lowest BCUT2D eigenvalue weighted by Crippen LogP contribution is -2.19. The molecule has 0 fully saturated rings. The number of hydrogen-bond acceptors (Lipinski definition) is 5. The van der Waals surface area contributed by atoms with Crippen molar-refractivity contribution >= 4 is 18.1 Å². The highest BCUT2D eigenvalue weighted by Gasteiger charge is 2.28. The zero-order chi connectivity index (χ0) is 13.3. The SMILES string of the molecule is CCC(C)[C@@H](N)c1cc2c(cc1[N+](=O)[O-])OCO2.Cl. The van der Waals surface area contributed by atoms with Crippen LogP contribution in [0.15, 0.2) is 12.1 Å². The molecule has 106 valence electrons. The number of ether oxygens (including phenoxy) is 2. The molecule has 1 unspecified atom stereocenters. The lowest BCUT2D eigenvalue weighted by Gasteiger charge is -2.18. The van der Waals surface area contributed by atoms with Crippen molar-refractivity contribution < 1.29 is 14.4 Å². The first kappa shape index (κ1) is 15.5. The number of hydrogen-bond donors (Lipinski definition) is 1. The third kappa shape index (κ3) is 2.90. The summed E-state index contributed by atoms with van der Waals surface area (Å²) in [6, 6.07) is 2.63. The Hall–Kier alpha value is -1.53. The summed E-state index contributed by atoms with van der Waals surface area (Å²) in [5.41, 5.74) is 6.57. The van der Waals surface area contributed by atoms with Crippen LogP contribution in [0.2, 0.25) is 0 Å². The summed E-state index contributed by atoms with van der Waals surface area (Å²) in [6.45, 7) is 4.07. The van der Waals surface area contributed by atoms with Gasteiger partial charge in [0.2, 0.25) is 6.79 Å². The monoisotopic (exact) mass is 288 g/mol. The van der Waals surface area contributed by atoms with E-state index in [1.54, 1.807) is 6.07 Å². The van der Waals surface area contributed by atoms with Crippen LogP contribution in [0.5, 0.6) is 11.5 Å². The maximum atomic E-state index is 11.1. The molecule has 0 radical (unpaired) electrons. The van der Waals surface area contributed by atoms with Gasteiger partial charge in [-0.25, -0.2) is 0 Å². The average Bonchev–Trinajstić information content (AvgIpc) is 2.82. The fraction of sp³-hybridized carbons (Fsp3) is 0.500. The molecule has 0 amide bonds. The van der Waals surface area contributed by atoms with E-state index in [-0.39, 0.29) is 36.8 Å². The van der Waals surface area contributed by atoms with Crippen LogP contribution in [0, 0.1) is 16.0 Å². The molecule has 0 saturated carbocycles. The first-order valence-electron chi connectivity index (χ1n) is 5.88. The average molecular weight is 289 g/mol. The molecular formula is C12H17ClN2O4. The Kier molecular flexibility index (Phi) is 4.97. The van der Waals surface area contributed by atoms with Gasteiger partial charge in [-0.15, -0.1) is 12.4 Å². The minimum atomic E-state index is -0.431. The molecule has 0 saturated heterocycles. The molecule has 1 aromatic carbocycles. The Bertz CT molecular complexity index is 481. The Morgan fingerprint density at radius 1 is 1.42 bits per heavy atom. The fourth-order valence-electron chi connectivity index (χ4n) is 1.93. The molecule has 1 aliphatic rings. The van der Waals surface area contributed by atoms with Gasteiger partial charge in [-0.1, -0.05) is 20.3 Å². The van der Waals surface area contributed by atoms with Crippen LogP contribution in [-0.4, -0.2) is 11.7 Å². The Labute approximate surface area is 117 Å². The maximum Gasteiger partial charge on any atom is 0.278 e. The van der Waals surface area contributed by atoms with Gasteiger partial charge in [0.1, 0.15) is 0 Å². The number of nitrogens with zero attached hydrogens (tertiary/aromatic N) is 1. The molecule has 0 aliphatic carbocycles. The second-order valence-electron chi connectivity index (χ2n) is 4.43. The van der Waals surface area contributed by atoms with E-state index in [0.29, 0.717) is 17.1 Å². The predicted octanol–water partition coefficient (Wildman–Crippen LogP) is 2.79. The van der Waals surface area contributed by atoms with Crippen LogP contribution in [0.1, 0.15) is 31.9 Å². The van der Waals surface area contributed by atoms with Crippen LogP contribution in [0.25, 0.3) is 0 Å². The Morgan fingerprint density at radius 3 is 2.53 bits per heavy atom. The molecule has 0 spiro atoms. The highest BCUT2D eigenvalue weighted by Crippen LogP contribution is 2.41. The summed E-state index contributed by atoms with van der Waals surface area (Å²) in [5.74, 6) is 1.08.